The molecule has 0 amide bonds. The van der Waals surface area contributed by atoms with Gasteiger partial charge in [-0.15, -0.1) is 0 Å². The Bertz CT molecular complexity index is 860. The maximum atomic E-state index is 11.5. The molecule has 3 aromatic rings. The molecule has 0 aliphatic carbocycles. The number of benzene rings is 3. The summed E-state index contributed by atoms with van der Waals surface area (Å²) in [6.45, 7) is 0. The highest BCUT2D eigenvalue weighted by atomic mass is 16.6. The van der Waals surface area contributed by atoms with Gasteiger partial charge in [-0.3, -0.25) is 10.1 Å². The first-order valence-corrected chi connectivity index (χ1v) is 7.46. The Kier molecular flexibility index (Phi) is 4.09. The second-order valence-electron chi connectivity index (χ2n) is 5.37. The van der Waals surface area contributed by atoms with Crippen molar-refractivity contribution in [3.05, 3.63) is 112 Å². The van der Waals surface area contributed by atoms with E-state index in [2.05, 4.69) is 6.07 Å². The van der Waals surface area contributed by atoms with E-state index in [1.165, 1.54) is 6.07 Å². The molecule has 0 saturated carbocycles. The highest BCUT2D eigenvalue weighted by Crippen LogP contribution is 2.42. The summed E-state index contributed by atoms with van der Waals surface area (Å²) in [5.74, 6) is 0. The zero-order chi connectivity index (χ0) is 17.0. The average Bonchev–Trinajstić information content (AvgIpc) is 2.65. The summed E-state index contributed by atoms with van der Waals surface area (Å²) in [6, 6.07) is 27.1. The molecule has 0 fully saturated rings. The van der Waals surface area contributed by atoms with Gasteiger partial charge in [0.05, 0.1) is 16.6 Å². The molecule has 3 aromatic carbocycles. The molecule has 0 atom stereocenters. The highest BCUT2D eigenvalue weighted by molar-refractivity contribution is 5.62. The molecule has 0 aliphatic rings. The van der Waals surface area contributed by atoms with Crippen molar-refractivity contribution in [3.63, 3.8) is 0 Å². The van der Waals surface area contributed by atoms with Crippen molar-refractivity contribution in [2.24, 2.45) is 0 Å². The predicted molar refractivity (Wildman–Crippen MR) is 91.5 cm³/mol. The summed E-state index contributed by atoms with van der Waals surface area (Å²) in [5, 5.41) is 21.7. The summed E-state index contributed by atoms with van der Waals surface area (Å²) in [4.78, 5) is 11.1. The molecule has 0 aliphatic heterocycles. The number of para-hydroxylation sites is 1. The largest absolute Gasteiger partial charge is 0.274 e. The van der Waals surface area contributed by atoms with Gasteiger partial charge in [0.2, 0.25) is 0 Å². The van der Waals surface area contributed by atoms with Crippen LogP contribution in [-0.2, 0) is 5.41 Å². The third-order valence-corrected chi connectivity index (χ3v) is 4.09. The first-order chi connectivity index (χ1) is 11.7. The number of rotatable bonds is 4. The molecule has 116 valence electrons. The van der Waals surface area contributed by atoms with Crippen molar-refractivity contribution >= 4 is 5.69 Å². The van der Waals surface area contributed by atoms with E-state index in [0.717, 1.165) is 0 Å². The maximum Gasteiger partial charge on any atom is 0.274 e. The van der Waals surface area contributed by atoms with Crippen LogP contribution in [0.1, 0.15) is 16.7 Å². The number of hydrogen-bond donors (Lipinski definition) is 0. The van der Waals surface area contributed by atoms with Crippen molar-refractivity contribution in [1.29, 1.82) is 5.26 Å². The third kappa shape index (κ3) is 2.42. The normalized spacial score (nSPS) is 10.8. The second kappa shape index (κ2) is 6.35. The van der Waals surface area contributed by atoms with Crippen LogP contribution in [0.2, 0.25) is 0 Å². The van der Waals surface area contributed by atoms with E-state index >= 15 is 0 Å². The highest BCUT2D eigenvalue weighted by Gasteiger charge is 2.41. The number of nitrogens with zero attached hydrogens (tertiary/aromatic N) is 2. The number of hydrogen-bond acceptors (Lipinski definition) is 3. The van der Waals surface area contributed by atoms with Crippen LogP contribution in [0.4, 0.5) is 5.69 Å². The molecule has 0 heterocycles. The standard InChI is InChI=1S/C20H14N2O2/c21-15-20(16-9-3-1-4-10-16,17-11-5-2-6-12-17)18-13-7-8-14-19(18)22(23)24/h1-14H. The Morgan fingerprint density at radius 2 is 1.25 bits per heavy atom. The van der Waals surface area contributed by atoms with Crippen molar-refractivity contribution in [2.45, 2.75) is 5.41 Å². The van der Waals surface area contributed by atoms with E-state index in [4.69, 9.17) is 0 Å². The number of nitriles is 1. The Morgan fingerprint density at radius 3 is 1.71 bits per heavy atom. The van der Waals surface area contributed by atoms with Gasteiger partial charge in [0.1, 0.15) is 5.41 Å². The van der Waals surface area contributed by atoms with Crippen LogP contribution < -0.4 is 0 Å². The van der Waals surface area contributed by atoms with Crippen LogP contribution >= 0.6 is 0 Å². The lowest BCUT2D eigenvalue weighted by Crippen LogP contribution is -2.28. The zero-order valence-electron chi connectivity index (χ0n) is 12.8. The molecule has 24 heavy (non-hydrogen) atoms. The molecular weight excluding hydrogens is 300 g/mol. The van der Waals surface area contributed by atoms with Gasteiger partial charge < -0.3 is 0 Å². The smallest absolute Gasteiger partial charge is 0.258 e. The van der Waals surface area contributed by atoms with Gasteiger partial charge in [-0.2, -0.15) is 5.26 Å². The molecular formula is C20H14N2O2. The number of nitro benzene ring substituents is 1. The Hall–Kier alpha value is -3.45. The van der Waals surface area contributed by atoms with E-state index < -0.39 is 10.3 Å². The fourth-order valence-electron chi connectivity index (χ4n) is 2.99. The summed E-state index contributed by atoms with van der Waals surface area (Å²) >= 11 is 0. The molecule has 0 N–H and O–H groups in total. The Morgan fingerprint density at radius 1 is 0.792 bits per heavy atom. The van der Waals surface area contributed by atoms with Gasteiger partial charge in [-0.05, 0) is 17.2 Å². The molecule has 0 radical (unpaired) electrons. The summed E-state index contributed by atoms with van der Waals surface area (Å²) in [5.41, 5.74) is 0.467. The monoisotopic (exact) mass is 314 g/mol. The molecule has 0 bridgehead atoms. The SMILES string of the molecule is N#CC(c1ccccc1)(c1ccccc1)c1ccccc1[N+](=O)[O-]. The molecule has 0 unspecified atom stereocenters. The van der Waals surface area contributed by atoms with Crippen molar-refractivity contribution < 1.29 is 4.92 Å². The van der Waals surface area contributed by atoms with Crippen molar-refractivity contribution in [1.82, 2.24) is 0 Å². The lowest BCUT2D eigenvalue weighted by molar-refractivity contribution is -0.385. The van der Waals surface area contributed by atoms with Gasteiger partial charge in [0.25, 0.3) is 5.69 Å². The van der Waals surface area contributed by atoms with E-state index in [1.54, 1.807) is 18.2 Å². The van der Waals surface area contributed by atoms with E-state index in [-0.39, 0.29) is 5.69 Å². The summed E-state index contributed by atoms with van der Waals surface area (Å²) in [7, 11) is 0. The second-order valence-corrected chi connectivity index (χ2v) is 5.37. The van der Waals surface area contributed by atoms with E-state index in [1.807, 2.05) is 60.7 Å². The Labute approximate surface area is 139 Å². The molecule has 0 saturated heterocycles. The quantitative estimate of drug-likeness (QED) is 0.406. The molecule has 3 rings (SSSR count). The van der Waals surface area contributed by atoms with Crippen LogP contribution in [0.25, 0.3) is 0 Å². The summed E-state index contributed by atoms with van der Waals surface area (Å²) < 4.78 is 0. The minimum atomic E-state index is -1.24. The fourth-order valence-corrected chi connectivity index (χ4v) is 2.99. The molecule has 0 aromatic heterocycles. The maximum absolute atomic E-state index is 11.5. The first-order valence-electron chi connectivity index (χ1n) is 7.46. The topological polar surface area (TPSA) is 66.9 Å². The van der Waals surface area contributed by atoms with E-state index in [0.29, 0.717) is 16.7 Å². The first kappa shape index (κ1) is 15.4. The van der Waals surface area contributed by atoms with Gasteiger partial charge in [-0.25, -0.2) is 0 Å². The van der Waals surface area contributed by atoms with Crippen molar-refractivity contribution in [2.75, 3.05) is 0 Å². The zero-order valence-corrected chi connectivity index (χ0v) is 12.8. The summed E-state index contributed by atoms with van der Waals surface area (Å²) in [6.07, 6.45) is 0. The van der Waals surface area contributed by atoms with Crippen LogP contribution in [0.15, 0.2) is 84.9 Å². The van der Waals surface area contributed by atoms with Crippen LogP contribution in [-0.4, -0.2) is 4.92 Å². The van der Waals surface area contributed by atoms with Crippen LogP contribution in [0, 0.1) is 21.4 Å². The van der Waals surface area contributed by atoms with Gasteiger partial charge in [-0.1, -0.05) is 72.8 Å². The minimum Gasteiger partial charge on any atom is -0.258 e. The average molecular weight is 314 g/mol. The predicted octanol–water partition coefficient (Wildman–Crippen LogP) is 4.45. The van der Waals surface area contributed by atoms with Crippen molar-refractivity contribution in [3.8, 4) is 6.07 Å². The lowest BCUT2D eigenvalue weighted by Gasteiger charge is -2.28. The fraction of sp³-hybridized carbons (Fsp3) is 0.0500. The molecule has 4 nitrogen and oxygen atoms in total. The van der Waals surface area contributed by atoms with Gasteiger partial charge in [0.15, 0.2) is 0 Å². The Balaban J connectivity index is 2.41. The number of nitro groups is 1. The van der Waals surface area contributed by atoms with Gasteiger partial charge >= 0.3 is 0 Å². The van der Waals surface area contributed by atoms with Gasteiger partial charge in [0, 0.05) is 6.07 Å². The molecule has 4 heteroatoms. The molecule has 0 spiro atoms. The lowest BCUT2D eigenvalue weighted by atomic mass is 9.70. The minimum absolute atomic E-state index is 0.0632. The van der Waals surface area contributed by atoms with E-state index in [9.17, 15) is 15.4 Å². The third-order valence-electron chi connectivity index (χ3n) is 4.09. The van der Waals surface area contributed by atoms with Crippen LogP contribution in [0.3, 0.4) is 0 Å². The van der Waals surface area contributed by atoms with Crippen LogP contribution in [0.5, 0.6) is 0 Å².